The first-order valence-corrected chi connectivity index (χ1v) is 9.05. The van der Waals surface area contributed by atoms with Gasteiger partial charge in [-0.3, -0.25) is 13.9 Å². The first kappa shape index (κ1) is 17.7. The van der Waals surface area contributed by atoms with Crippen LogP contribution in [0.4, 0.5) is 5.69 Å². The first-order valence-electron chi connectivity index (χ1n) is 9.05. The van der Waals surface area contributed by atoms with Gasteiger partial charge < -0.3 is 5.32 Å². The third-order valence-electron chi connectivity index (χ3n) is 4.56. The van der Waals surface area contributed by atoms with Crippen molar-refractivity contribution in [3.63, 3.8) is 0 Å². The van der Waals surface area contributed by atoms with Gasteiger partial charge in [-0.15, -0.1) is 0 Å². The minimum absolute atomic E-state index is 0.0420. The van der Waals surface area contributed by atoms with Crippen molar-refractivity contribution in [2.24, 2.45) is 0 Å². The Bertz CT molecular complexity index is 1170. The topological polar surface area (TPSA) is 86.7 Å². The Hall–Kier alpha value is -3.68. The number of hydrogen-bond acceptors (Lipinski definition) is 4. The molecular formula is C20H20N6O2. The summed E-state index contributed by atoms with van der Waals surface area (Å²) in [6.07, 6.45) is 3.12. The molecule has 8 heteroatoms. The molecule has 0 bridgehead atoms. The molecule has 8 nitrogen and oxygen atoms in total. The van der Waals surface area contributed by atoms with E-state index in [2.05, 4.69) is 15.4 Å². The van der Waals surface area contributed by atoms with E-state index < -0.39 is 0 Å². The van der Waals surface area contributed by atoms with Crippen LogP contribution in [-0.2, 0) is 24.4 Å². The minimum Gasteiger partial charge on any atom is -0.325 e. The number of imidazole rings is 1. The van der Waals surface area contributed by atoms with Crippen molar-refractivity contribution in [2.75, 3.05) is 5.32 Å². The molecule has 28 heavy (non-hydrogen) atoms. The molecular weight excluding hydrogens is 356 g/mol. The van der Waals surface area contributed by atoms with Gasteiger partial charge >= 0.3 is 5.69 Å². The average molecular weight is 376 g/mol. The number of hydrogen-bond donors (Lipinski definition) is 1. The van der Waals surface area contributed by atoms with Crippen LogP contribution < -0.4 is 11.0 Å². The lowest BCUT2D eigenvalue weighted by molar-refractivity contribution is -0.116. The second kappa shape index (κ2) is 7.51. The molecule has 2 aromatic carbocycles. The maximum atomic E-state index is 12.7. The Morgan fingerprint density at radius 2 is 1.86 bits per heavy atom. The monoisotopic (exact) mass is 376 g/mol. The number of carbonyl (C=O) groups is 1. The Morgan fingerprint density at radius 1 is 1.07 bits per heavy atom. The Balaban J connectivity index is 1.53. The zero-order chi connectivity index (χ0) is 19.5. The molecule has 0 fully saturated rings. The highest BCUT2D eigenvalue weighted by Crippen LogP contribution is 2.14. The average Bonchev–Trinajstić information content (AvgIpc) is 3.29. The molecule has 4 aromatic rings. The van der Waals surface area contributed by atoms with Crippen molar-refractivity contribution in [3.05, 3.63) is 77.2 Å². The van der Waals surface area contributed by atoms with Gasteiger partial charge in [0.25, 0.3) is 0 Å². The van der Waals surface area contributed by atoms with E-state index in [1.165, 1.54) is 10.9 Å². The Kier molecular flexibility index (Phi) is 4.76. The number of benzene rings is 2. The second-order valence-corrected chi connectivity index (χ2v) is 6.44. The van der Waals surface area contributed by atoms with Gasteiger partial charge in [-0.1, -0.05) is 24.3 Å². The molecule has 4 rings (SSSR count). The molecule has 142 valence electrons. The van der Waals surface area contributed by atoms with E-state index in [1.54, 1.807) is 15.6 Å². The molecule has 0 aliphatic rings. The van der Waals surface area contributed by atoms with E-state index in [0.717, 1.165) is 16.6 Å². The highest BCUT2D eigenvalue weighted by molar-refractivity contribution is 5.91. The molecule has 0 aliphatic carbocycles. The number of rotatable bonds is 6. The number of aromatic nitrogens is 5. The summed E-state index contributed by atoms with van der Waals surface area (Å²) in [6.45, 7) is 2.99. The van der Waals surface area contributed by atoms with E-state index in [0.29, 0.717) is 18.8 Å². The lowest BCUT2D eigenvalue weighted by Crippen LogP contribution is -2.29. The van der Waals surface area contributed by atoms with Crippen molar-refractivity contribution < 1.29 is 4.79 Å². The number of para-hydroxylation sites is 2. The molecule has 1 amide bonds. The molecule has 0 unspecified atom stereocenters. The molecule has 0 aliphatic heterocycles. The third-order valence-corrected chi connectivity index (χ3v) is 4.56. The van der Waals surface area contributed by atoms with E-state index in [4.69, 9.17) is 0 Å². The second-order valence-electron chi connectivity index (χ2n) is 6.44. The van der Waals surface area contributed by atoms with Gasteiger partial charge in [-0.2, -0.15) is 5.10 Å². The van der Waals surface area contributed by atoms with Crippen LogP contribution in [0.5, 0.6) is 0 Å². The van der Waals surface area contributed by atoms with Crippen molar-refractivity contribution >= 4 is 22.6 Å². The predicted octanol–water partition coefficient (Wildman–Crippen LogP) is 2.10. The maximum Gasteiger partial charge on any atom is 0.329 e. The number of nitrogens with zero attached hydrogens (tertiary/aromatic N) is 5. The number of fused-ring (bicyclic) bond motifs is 1. The summed E-state index contributed by atoms with van der Waals surface area (Å²) < 4.78 is 4.88. The van der Waals surface area contributed by atoms with Crippen LogP contribution in [0.25, 0.3) is 11.0 Å². The van der Waals surface area contributed by atoms with E-state index in [9.17, 15) is 9.59 Å². The predicted molar refractivity (Wildman–Crippen MR) is 106 cm³/mol. The van der Waals surface area contributed by atoms with Crippen molar-refractivity contribution in [1.82, 2.24) is 23.9 Å². The molecule has 2 aromatic heterocycles. The summed E-state index contributed by atoms with van der Waals surface area (Å²) in [6, 6.07) is 15.0. The van der Waals surface area contributed by atoms with Crippen LogP contribution in [0, 0.1) is 0 Å². The summed E-state index contributed by atoms with van der Waals surface area (Å²) in [5.74, 6) is -0.251. The minimum atomic E-state index is -0.251. The maximum absolute atomic E-state index is 12.7. The van der Waals surface area contributed by atoms with E-state index in [1.807, 2.05) is 55.5 Å². The molecule has 0 saturated carbocycles. The number of anilines is 1. The number of nitrogens with one attached hydrogen (secondary N) is 1. The normalized spacial score (nSPS) is 11.0. The van der Waals surface area contributed by atoms with Gasteiger partial charge in [0.15, 0.2) is 0 Å². The van der Waals surface area contributed by atoms with Gasteiger partial charge in [-0.05, 0) is 36.8 Å². The molecule has 0 radical (unpaired) electrons. The molecule has 0 spiro atoms. The summed E-state index contributed by atoms with van der Waals surface area (Å²) in [5.41, 5.74) is 3.07. The largest absolute Gasteiger partial charge is 0.329 e. The number of amides is 1. The summed E-state index contributed by atoms with van der Waals surface area (Å²) in [7, 11) is 0. The lowest BCUT2D eigenvalue weighted by atomic mass is 10.2. The third kappa shape index (κ3) is 3.44. The van der Waals surface area contributed by atoms with Crippen molar-refractivity contribution in [1.29, 1.82) is 0 Å². The van der Waals surface area contributed by atoms with Crippen LogP contribution in [0.15, 0.2) is 66.0 Å². The van der Waals surface area contributed by atoms with Crippen LogP contribution >= 0.6 is 0 Å². The molecule has 0 atom stereocenters. The molecule has 1 N–H and O–H groups in total. The SMILES string of the molecule is CCn1c(=O)n(CC(=O)Nc2cccc(Cn3cncn3)c2)c2ccccc21. The summed E-state index contributed by atoms with van der Waals surface area (Å²) in [4.78, 5) is 29.2. The van der Waals surface area contributed by atoms with Crippen molar-refractivity contribution in [2.45, 2.75) is 26.6 Å². The lowest BCUT2D eigenvalue weighted by Gasteiger charge is -2.08. The van der Waals surface area contributed by atoms with Crippen molar-refractivity contribution in [3.8, 4) is 0 Å². The van der Waals surface area contributed by atoms with Crippen LogP contribution in [0.3, 0.4) is 0 Å². The van der Waals surface area contributed by atoms with Gasteiger partial charge in [0.1, 0.15) is 19.2 Å². The van der Waals surface area contributed by atoms with E-state index >= 15 is 0 Å². The van der Waals surface area contributed by atoms with Crippen LogP contribution in [-0.4, -0.2) is 29.8 Å². The zero-order valence-corrected chi connectivity index (χ0v) is 15.4. The van der Waals surface area contributed by atoms with Gasteiger partial charge in [0, 0.05) is 12.2 Å². The zero-order valence-electron chi connectivity index (χ0n) is 15.4. The summed E-state index contributed by atoms with van der Waals surface area (Å²) >= 11 is 0. The molecule has 0 saturated heterocycles. The van der Waals surface area contributed by atoms with Crippen LogP contribution in [0.1, 0.15) is 12.5 Å². The van der Waals surface area contributed by atoms with E-state index in [-0.39, 0.29) is 18.1 Å². The highest BCUT2D eigenvalue weighted by atomic mass is 16.2. The summed E-state index contributed by atoms with van der Waals surface area (Å²) in [5, 5.41) is 6.96. The highest BCUT2D eigenvalue weighted by Gasteiger charge is 2.14. The van der Waals surface area contributed by atoms with Gasteiger partial charge in [-0.25, -0.2) is 14.5 Å². The van der Waals surface area contributed by atoms with Gasteiger partial charge in [0.05, 0.1) is 17.6 Å². The fourth-order valence-corrected chi connectivity index (χ4v) is 3.32. The first-order chi connectivity index (χ1) is 13.7. The van der Waals surface area contributed by atoms with Crippen LogP contribution in [0.2, 0.25) is 0 Å². The Morgan fingerprint density at radius 3 is 2.57 bits per heavy atom. The number of aryl methyl sites for hydroxylation is 1. The smallest absolute Gasteiger partial charge is 0.325 e. The number of carbonyl (C=O) groups excluding carboxylic acids is 1. The molecule has 2 heterocycles. The Labute approximate surface area is 161 Å². The fraction of sp³-hybridized carbons (Fsp3) is 0.200. The fourth-order valence-electron chi connectivity index (χ4n) is 3.32. The van der Waals surface area contributed by atoms with Gasteiger partial charge in [0.2, 0.25) is 5.91 Å². The quantitative estimate of drug-likeness (QED) is 0.558. The standard InChI is InChI=1S/C20H20N6O2/c1-2-25-17-8-3-4-9-18(17)26(20(25)28)12-19(27)23-16-7-5-6-15(10-16)11-24-14-21-13-22-24/h3-10,13-14H,2,11-12H2,1H3,(H,23,27).